The maximum Gasteiger partial charge on any atom is 0.422 e. The van der Waals surface area contributed by atoms with Crippen LogP contribution in [0.5, 0.6) is 0 Å². The number of fused-ring (bicyclic) bond motifs is 5. The van der Waals surface area contributed by atoms with E-state index in [1.807, 2.05) is 13.8 Å². The highest BCUT2D eigenvalue weighted by atomic mass is 19.4. The summed E-state index contributed by atoms with van der Waals surface area (Å²) in [6.07, 6.45) is -1.00. The summed E-state index contributed by atoms with van der Waals surface area (Å²) in [5.74, 6) is 4.13. The predicted octanol–water partition coefficient (Wildman–Crippen LogP) is 11.2. The predicted molar refractivity (Wildman–Crippen MR) is 237 cm³/mol. The summed E-state index contributed by atoms with van der Waals surface area (Å²) >= 11 is 0. The molecule has 0 heterocycles. The monoisotopic (exact) mass is 845 g/mol. The molecule has 0 saturated heterocycles. The van der Waals surface area contributed by atoms with Crippen molar-refractivity contribution in [2.75, 3.05) is 6.61 Å². The van der Waals surface area contributed by atoms with Gasteiger partial charge in [-0.15, -0.1) is 0 Å². The summed E-state index contributed by atoms with van der Waals surface area (Å²) in [4.78, 5) is 22.1. The number of rotatable bonds is 6. The fraction of sp³-hybridized carbons (Fsp3) is 0.792. The van der Waals surface area contributed by atoms with Crippen LogP contribution >= 0.6 is 0 Å². The molecule has 7 fully saturated rings. The van der Waals surface area contributed by atoms with Crippen molar-refractivity contribution in [3.05, 3.63) is 49.0 Å². The maximum absolute atomic E-state index is 11.7. The van der Waals surface area contributed by atoms with Gasteiger partial charge in [0, 0.05) is 26.3 Å². The number of carbonyl (C=O) groups is 2. The zero-order chi connectivity index (χ0) is 54.8. The molecule has 7 nitrogen and oxygen atoms in total. The normalized spacial score (nSPS) is 44.2. The van der Waals surface area contributed by atoms with Gasteiger partial charge < -0.3 is 25.6 Å². The minimum atomic E-state index is -4.67. The van der Waals surface area contributed by atoms with Gasteiger partial charge in [0.05, 0.1) is 19.4 Å². The molecule has 8 aliphatic rings. The summed E-state index contributed by atoms with van der Waals surface area (Å²) in [5, 5.41) is 11.8. The van der Waals surface area contributed by atoms with E-state index in [1.165, 1.54) is 32.6 Å². The number of alkyl carbamates (subject to hydrolysis) is 1. The molecule has 4 bridgehead atoms. The first-order chi connectivity index (χ1) is 31.4. The Morgan fingerprint density at radius 1 is 1.10 bits per heavy atom. The van der Waals surface area contributed by atoms with Gasteiger partial charge in [0.1, 0.15) is 5.60 Å². The van der Waals surface area contributed by atoms with Crippen LogP contribution in [0, 0.1) is 58.1 Å². The van der Waals surface area contributed by atoms with E-state index in [2.05, 4.69) is 57.8 Å². The minimum absolute atomic E-state index is 0.144. The van der Waals surface area contributed by atoms with E-state index in [-0.39, 0.29) is 25.7 Å². The van der Waals surface area contributed by atoms with Gasteiger partial charge in [0.25, 0.3) is 0 Å². The van der Waals surface area contributed by atoms with Crippen LogP contribution in [0.25, 0.3) is 0 Å². The maximum atomic E-state index is 11.7. The number of esters is 1. The Balaban J connectivity index is 0.000000316. The molecule has 0 spiro atoms. The first-order valence-corrected chi connectivity index (χ1v) is 20.9. The van der Waals surface area contributed by atoms with E-state index in [0.29, 0.717) is 16.6 Å². The number of alkyl halides is 3. The Bertz CT molecular complexity index is 1930. The Morgan fingerprint density at radius 2 is 1.69 bits per heavy atom. The topological polar surface area (TPSA) is 111 Å². The third kappa shape index (κ3) is 15.4. The molecule has 2 unspecified atom stereocenters. The molecule has 8 rings (SSSR count). The summed E-state index contributed by atoms with van der Waals surface area (Å²) in [6, 6.07) is -4.66. The molecule has 1 radical (unpaired) electrons. The number of nitrogens with two attached hydrogens (primary N) is 1. The molecule has 0 aromatic carbocycles. The van der Waals surface area contributed by atoms with Crippen LogP contribution in [-0.4, -0.2) is 62.8 Å². The van der Waals surface area contributed by atoms with Crippen LogP contribution in [0.2, 0.25) is 5.82 Å². The third-order valence-corrected chi connectivity index (χ3v) is 13.5. The third-order valence-electron chi connectivity index (χ3n) is 13.5. The Kier molecular flexibility index (Phi) is 13.8. The lowest BCUT2D eigenvalue weighted by Gasteiger charge is -2.72. The number of halogens is 3. The second-order valence-electron chi connectivity index (χ2n) is 19.3. The Hall–Kier alpha value is -2.53. The lowest BCUT2D eigenvalue weighted by Crippen LogP contribution is -2.65. The number of allylic oxidation sites excluding steroid dienone is 3. The van der Waals surface area contributed by atoms with Crippen molar-refractivity contribution < 1.29 is 51.0 Å². The van der Waals surface area contributed by atoms with E-state index in [0.717, 1.165) is 52.6 Å². The average Bonchev–Trinajstić information content (AvgIpc) is 3.19. The highest BCUT2D eigenvalue weighted by Crippen LogP contribution is 2.74. The van der Waals surface area contributed by atoms with Crippen molar-refractivity contribution in [1.29, 1.82) is 1.34 Å². The molecule has 11 heteroatoms. The van der Waals surface area contributed by atoms with Crippen molar-refractivity contribution in [2.24, 2.45) is 63.9 Å². The van der Waals surface area contributed by atoms with Crippen LogP contribution in [0.4, 0.5) is 18.0 Å². The quantitative estimate of drug-likeness (QED) is 0.0807. The van der Waals surface area contributed by atoms with Crippen molar-refractivity contribution in [3.63, 3.8) is 0 Å². The number of nitrogens with one attached hydrogen (secondary N) is 1. The molecule has 7 saturated carbocycles. The van der Waals surface area contributed by atoms with E-state index in [9.17, 15) is 27.9 Å². The van der Waals surface area contributed by atoms with Crippen molar-refractivity contribution >= 4 is 19.9 Å². The fourth-order valence-electron chi connectivity index (χ4n) is 9.68. The number of carbonyl (C=O) groups excluding carboxylic acids is 2. The molecular formula is C48H81BF3N2O5. The van der Waals surface area contributed by atoms with E-state index >= 15 is 0 Å². The minimum Gasteiger partial charge on any atom is -0.453 e. The largest absolute Gasteiger partial charge is 0.453 e. The molecule has 0 aromatic rings. The van der Waals surface area contributed by atoms with Crippen LogP contribution in [0.3, 0.4) is 0 Å². The van der Waals surface area contributed by atoms with Gasteiger partial charge in [-0.1, -0.05) is 96.8 Å². The summed E-state index contributed by atoms with van der Waals surface area (Å²) in [5.41, 5.74) is 7.89. The zero-order valence-corrected chi connectivity index (χ0v) is 37.5. The van der Waals surface area contributed by atoms with Gasteiger partial charge >= 0.3 is 18.2 Å². The van der Waals surface area contributed by atoms with E-state index in [4.69, 9.17) is 25.5 Å². The number of ether oxygens (including phenoxy) is 2. The van der Waals surface area contributed by atoms with Gasteiger partial charge in [0.15, 0.2) is 6.61 Å². The van der Waals surface area contributed by atoms with Crippen molar-refractivity contribution in [1.82, 2.24) is 5.32 Å². The molecule has 59 heavy (non-hydrogen) atoms. The fourth-order valence-corrected chi connectivity index (χ4v) is 9.68. The smallest absolute Gasteiger partial charge is 0.422 e. The molecule has 0 aromatic heterocycles. The number of hydrogen-bond acceptors (Lipinski definition) is 6. The first-order valence-electron chi connectivity index (χ1n) is 26.5. The zero-order valence-electron chi connectivity index (χ0n) is 48.5. The van der Waals surface area contributed by atoms with Gasteiger partial charge in [-0.2, -0.15) is 13.2 Å². The summed E-state index contributed by atoms with van der Waals surface area (Å²) in [6.45, 7) is 27.1. The molecule has 1 amide bonds. The summed E-state index contributed by atoms with van der Waals surface area (Å²) < 4.78 is 124. The summed E-state index contributed by atoms with van der Waals surface area (Å²) in [7, 11) is 1.76. The van der Waals surface area contributed by atoms with Gasteiger partial charge in [-0.25, -0.2) is 9.59 Å². The molecule has 337 valence electrons. The second-order valence-corrected chi connectivity index (χ2v) is 19.3. The first kappa shape index (κ1) is 37.1. The second kappa shape index (κ2) is 22.0. The average molecular weight is 845 g/mol. The lowest BCUT2D eigenvalue weighted by molar-refractivity contribution is -0.227. The number of aliphatic hydroxyl groups is 1. The Morgan fingerprint density at radius 3 is 2.17 bits per heavy atom. The van der Waals surface area contributed by atoms with Crippen molar-refractivity contribution in [3.8, 4) is 0 Å². The highest BCUT2D eigenvalue weighted by molar-refractivity contribution is 6.12. The molecule has 4 N–H and O–H groups in total. The van der Waals surface area contributed by atoms with Gasteiger partial charge in [0.2, 0.25) is 0 Å². The molecular weight excluding hydrogens is 752 g/mol. The number of hydrogen-bond donors (Lipinski definition) is 3. The van der Waals surface area contributed by atoms with E-state index < -0.39 is 79.8 Å². The number of amides is 1. The SMILES string of the molecule is C=CC(=C)C.[2H]C([2H])=C([2H])C(=O)OCC(F)(F)F.[2H]C1([2H])CC(C)=CC[C@]1([2H])NC(=O)OC(C)(C)C.[2H]C1([2H])C[C@]([2H])(C)[C@H](O)C[C@]1([2H])N.[2H][B][C@H]1C[C@H]2C[C@@H]([C@@H]1C)C2(C)C1C[C@H]2C[C@@H]([C@@H]1C)C2(C)C. The van der Waals surface area contributed by atoms with Gasteiger partial charge in [-0.3, -0.25) is 0 Å². The lowest BCUT2D eigenvalue weighted by atomic mass is 9.32. The van der Waals surface area contributed by atoms with Crippen molar-refractivity contribution in [2.45, 2.75) is 176 Å². The highest BCUT2D eigenvalue weighted by Gasteiger charge is 2.66. The Labute approximate surface area is 372 Å². The van der Waals surface area contributed by atoms with E-state index in [1.54, 1.807) is 40.7 Å². The van der Waals surface area contributed by atoms with Crippen LogP contribution in [-0.2, 0) is 14.3 Å². The molecule has 0 aliphatic heterocycles. The molecule has 13 atom stereocenters. The number of aliphatic hydroxyl groups excluding tert-OH is 1. The van der Waals surface area contributed by atoms with Crippen LogP contribution in [0.15, 0.2) is 49.0 Å². The van der Waals surface area contributed by atoms with Crippen LogP contribution < -0.4 is 11.1 Å². The van der Waals surface area contributed by atoms with Crippen LogP contribution in [0.1, 0.15) is 154 Å². The van der Waals surface area contributed by atoms with Gasteiger partial charge in [-0.05, 0) is 152 Å². The molecule has 8 aliphatic carbocycles. The standard InChI is InChI=1S/C19H32B.C12H21NO2.C7H15NO.C5H5F3O2.C5H8/c1-10-14-6-12(18(14,3)4)7-15(10)19(5)13-8-16(19)11(2)17(20)9-13;1-9-5-7-10(8-6-9)13-11(14)15-12(2,3)4;1-5-2-3-6(8)4-7(5)9;1-2-4(9)10-3-5(6,7)8;1-4-5(2)3/h10-17,20H,6-9H2,1-5H3;5,10H,6-8H2,1-4H3,(H,13,14);5-7,9H,2-4,8H2,1H3;2H,1,3H2;4H,1-2H2,3H3/t10-,11-,12+,13+,14-,15?,16-,17-,19?;10-;5-,6+,7+;;/m000../s1/i20D;8D2,10D;3D2,5D,6D;1D2,2D;.